The van der Waals surface area contributed by atoms with Gasteiger partial charge in [0, 0.05) is 13.5 Å². The van der Waals surface area contributed by atoms with Crippen LogP contribution in [0.2, 0.25) is 0 Å². The van der Waals surface area contributed by atoms with Gasteiger partial charge < -0.3 is 14.2 Å². The molecule has 0 fully saturated rings. The summed E-state index contributed by atoms with van der Waals surface area (Å²) in [5.74, 6) is 0.435. The van der Waals surface area contributed by atoms with Gasteiger partial charge >= 0.3 is 5.97 Å². The number of carbonyl (C=O) groups excluding carboxylic acids is 1. The summed E-state index contributed by atoms with van der Waals surface area (Å²) in [7, 11) is 1.66. The largest absolute Gasteiger partial charge is 0.463 e. The van der Waals surface area contributed by atoms with Crippen molar-refractivity contribution in [2.24, 2.45) is 5.92 Å². The van der Waals surface area contributed by atoms with Gasteiger partial charge in [-0.2, -0.15) is 0 Å². The first kappa shape index (κ1) is 35.4. The minimum atomic E-state index is -0.0468. The van der Waals surface area contributed by atoms with Gasteiger partial charge in [0.2, 0.25) is 0 Å². The quantitative estimate of drug-likeness (QED) is 0.0709. The number of methoxy groups -OCH3 is 1. The SMILES string of the molecule is CCCCCCCCCCCCC(CCCCCCCCCCCC)CC(=O)OCCOCCOC. The van der Waals surface area contributed by atoms with Crippen molar-refractivity contribution in [3.05, 3.63) is 0 Å². The van der Waals surface area contributed by atoms with Crippen molar-refractivity contribution >= 4 is 5.97 Å². The Morgan fingerprint density at radius 3 is 1.33 bits per heavy atom. The Balaban J connectivity index is 4.02. The van der Waals surface area contributed by atoms with E-state index in [0.717, 1.165) is 0 Å². The third-order valence-electron chi connectivity index (χ3n) is 7.31. The van der Waals surface area contributed by atoms with Gasteiger partial charge in [-0.25, -0.2) is 0 Å². The molecule has 0 rings (SSSR count). The molecule has 0 spiro atoms. The van der Waals surface area contributed by atoms with Crippen LogP contribution in [0.1, 0.15) is 162 Å². The molecule has 0 heterocycles. The third-order valence-corrected chi connectivity index (χ3v) is 7.31. The number of hydrogen-bond acceptors (Lipinski definition) is 4. The zero-order valence-electron chi connectivity index (χ0n) is 24.8. The minimum absolute atomic E-state index is 0.0468. The molecule has 0 bridgehead atoms. The maximum atomic E-state index is 12.4. The predicted octanol–water partition coefficient (Wildman–Crippen LogP) is 9.82. The molecule has 0 aromatic rings. The summed E-state index contributed by atoms with van der Waals surface area (Å²) < 4.78 is 15.8. The van der Waals surface area contributed by atoms with Crippen LogP contribution >= 0.6 is 0 Å². The normalized spacial score (nSPS) is 11.4. The van der Waals surface area contributed by atoms with E-state index in [2.05, 4.69) is 13.8 Å². The van der Waals surface area contributed by atoms with E-state index in [1.165, 1.54) is 141 Å². The fraction of sp³-hybridized carbons (Fsp3) is 0.969. The Morgan fingerprint density at radius 1 is 0.528 bits per heavy atom. The standard InChI is InChI=1S/C32H64O4/c1-4-6-8-10-12-14-16-18-20-22-24-31(30-32(33)36-29-28-35-27-26-34-3)25-23-21-19-17-15-13-11-9-7-5-2/h31H,4-30H2,1-3H3. The van der Waals surface area contributed by atoms with Crippen molar-refractivity contribution < 1.29 is 19.0 Å². The van der Waals surface area contributed by atoms with Gasteiger partial charge in [-0.15, -0.1) is 0 Å². The zero-order chi connectivity index (χ0) is 26.4. The summed E-state index contributed by atoms with van der Waals surface area (Å²) >= 11 is 0. The fourth-order valence-corrected chi connectivity index (χ4v) is 4.94. The summed E-state index contributed by atoms with van der Waals surface area (Å²) in [6.07, 6.45) is 30.2. The monoisotopic (exact) mass is 512 g/mol. The van der Waals surface area contributed by atoms with Gasteiger partial charge in [0.15, 0.2) is 0 Å². The first-order chi connectivity index (χ1) is 17.7. The van der Waals surface area contributed by atoms with E-state index in [4.69, 9.17) is 14.2 Å². The van der Waals surface area contributed by atoms with Crippen LogP contribution in [-0.2, 0) is 19.0 Å². The molecule has 0 aliphatic carbocycles. The lowest BCUT2D eigenvalue weighted by Gasteiger charge is -2.16. The maximum Gasteiger partial charge on any atom is 0.306 e. The summed E-state index contributed by atoms with van der Waals surface area (Å²) in [4.78, 5) is 12.4. The highest BCUT2D eigenvalue weighted by molar-refractivity contribution is 5.69. The zero-order valence-corrected chi connectivity index (χ0v) is 24.8. The molecule has 0 saturated carbocycles. The molecule has 36 heavy (non-hydrogen) atoms. The molecule has 0 saturated heterocycles. The molecular weight excluding hydrogens is 448 g/mol. The van der Waals surface area contributed by atoms with Crippen molar-refractivity contribution in [1.29, 1.82) is 0 Å². The van der Waals surface area contributed by atoms with E-state index in [9.17, 15) is 4.79 Å². The maximum absolute atomic E-state index is 12.4. The number of rotatable bonds is 30. The Hall–Kier alpha value is -0.610. The molecule has 4 heteroatoms. The van der Waals surface area contributed by atoms with Gasteiger partial charge in [-0.1, -0.05) is 142 Å². The lowest BCUT2D eigenvalue weighted by molar-refractivity contribution is -0.146. The first-order valence-corrected chi connectivity index (χ1v) is 16.0. The molecule has 0 unspecified atom stereocenters. The van der Waals surface area contributed by atoms with Gasteiger partial charge in [0.05, 0.1) is 19.8 Å². The van der Waals surface area contributed by atoms with Crippen molar-refractivity contribution in [1.82, 2.24) is 0 Å². The van der Waals surface area contributed by atoms with Crippen LogP contribution in [0.25, 0.3) is 0 Å². The Bertz CT molecular complexity index is 402. The molecule has 0 atom stereocenters. The van der Waals surface area contributed by atoms with Crippen molar-refractivity contribution in [2.75, 3.05) is 33.5 Å². The third kappa shape index (κ3) is 28.0. The Morgan fingerprint density at radius 2 is 0.917 bits per heavy atom. The van der Waals surface area contributed by atoms with Crippen LogP contribution in [0.3, 0.4) is 0 Å². The summed E-state index contributed by atoms with van der Waals surface area (Å²) in [5, 5.41) is 0. The van der Waals surface area contributed by atoms with E-state index in [1.54, 1.807) is 7.11 Å². The predicted molar refractivity (Wildman–Crippen MR) is 155 cm³/mol. The molecule has 0 aliphatic heterocycles. The molecule has 0 aliphatic rings. The smallest absolute Gasteiger partial charge is 0.306 e. The Kier molecular flexibility index (Phi) is 30.1. The van der Waals surface area contributed by atoms with Crippen LogP contribution in [0.4, 0.5) is 0 Å². The second-order valence-corrected chi connectivity index (χ2v) is 10.8. The number of ether oxygens (including phenoxy) is 3. The van der Waals surface area contributed by atoms with Crippen LogP contribution < -0.4 is 0 Å². The summed E-state index contributed by atoms with van der Waals surface area (Å²) in [6.45, 7) is 6.50. The lowest BCUT2D eigenvalue weighted by atomic mass is 9.91. The lowest BCUT2D eigenvalue weighted by Crippen LogP contribution is -2.16. The molecule has 216 valence electrons. The highest BCUT2D eigenvalue weighted by Gasteiger charge is 2.15. The number of carbonyl (C=O) groups is 1. The van der Waals surface area contributed by atoms with Crippen molar-refractivity contribution in [2.45, 2.75) is 162 Å². The highest BCUT2D eigenvalue weighted by atomic mass is 16.6. The second-order valence-electron chi connectivity index (χ2n) is 10.8. The average Bonchev–Trinajstić information content (AvgIpc) is 2.88. The van der Waals surface area contributed by atoms with Gasteiger partial charge in [0.25, 0.3) is 0 Å². The second kappa shape index (κ2) is 30.6. The van der Waals surface area contributed by atoms with Gasteiger partial charge in [-0.3, -0.25) is 4.79 Å². The van der Waals surface area contributed by atoms with Gasteiger partial charge in [0.1, 0.15) is 6.61 Å². The van der Waals surface area contributed by atoms with E-state index in [1.807, 2.05) is 0 Å². The van der Waals surface area contributed by atoms with Crippen LogP contribution in [0.15, 0.2) is 0 Å². The van der Waals surface area contributed by atoms with Crippen molar-refractivity contribution in [3.8, 4) is 0 Å². The summed E-state index contributed by atoms with van der Waals surface area (Å²) in [6, 6.07) is 0. The van der Waals surface area contributed by atoms with E-state index >= 15 is 0 Å². The topological polar surface area (TPSA) is 44.8 Å². The fourth-order valence-electron chi connectivity index (χ4n) is 4.94. The van der Waals surface area contributed by atoms with Crippen LogP contribution in [-0.4, -0.2) is 39.5 Å². The first-order valence-electron chi connectivity index (χ1n) is 16.0. The molecule has 0 radical (unpaired) electrons. The van der Waals surface area contributed by atoms with E-state index < -0.39 is 0 Å². The molecule has 0 amide bonds. The molecule has 0 N–H and O–H groups in total. The number of unbranched alkanes of at least 4 members (excludes halogenated alkanes) is 18. The minimum Gasteiger partial charge on any atom is -0.463 e. The Labute approximate surface area is 226 Å². The van der Waals surface area contributed by atoms with Gasteiger partial charge in [-0.05, 0) is 18.8 Å². The average molecular weight is 513 g/mol. The number of hydrogen-bond donors (Lipinski definition) is 0. The van der Waals surface area contributed by atoms with Crippen molar-refractivity contribution in [3.63, 3.8) is 0 Å². The summed E-state index contributed by atoms with van der Waals surface area (Å²) in [5.41, 5.74) is 0. The van der Waals surface area contributed by atoms with E-state index in [-0.39, 0.29) is 5.97 Å². The van der Waals surface area contributed by atoms with Crippen LogP contribution in [0.5, 0.6) is 0 Å². The number of esters is 1. The molecule has 0 aromatic carbocycles. The van der Waals surface area contributed by atoms with E-state index in [0.29, 0.717) is 38.8 Å². The molecule has 4 nitrogen and oxygen atoms in total. The molecule has 0 aromatic heterocycles. The highest BCUT2D eigenvalue weighted by Crippen LogP contribution is 2.23. The van der Waals surface area contributed by atoms with Crippen LogP contribution in [0, 0.1) is 5.92 Å². The molecular formula is C32H64O4.